The van der Waals surface area contributed by atoms with E-state index in [0.717, 1.165) is 12.1 Å². The second-order valence-corrected chi connectivity index (χ2v) is 5.61. The molecule has 0 unspecified atom stereocenters. The third-order valence-electron chi connectivity index (χ3n) is 3.21. The van der Waals surface area contributed by atoms with Crippen molar-refractivity contribution in [1.29, 1.82) is 0 Å². The first-order chi connectivity index (χ1) is 12.7. The summed E-state index contributed by atoms with van der Waals surface area (Å²) in [6, 6.07) is 8.53. The Labute approximate surface area is 156 Å². The molecule has 0 atom stereocenters. The van der Waals surface area contributed by atoms with Crippen LogP contribution in [0.1, 0.15) is 11.1 Å². The summed E-state index contributed by atoms with van der Waals surface area (Å²) in [5, 5.41) is 1.65. The summed E-state index contributed by atoms with van der Waals surface area (Å²) in [5.41, 5.74) is -1.11. The summed E-state index contributed by atoms with van der Waals surface area (Å²) in [7, 11) is 0. The Hall–Kier alpha value is -2.87. The number of anilines is 1. The normalized spacial score (nSPS) is 11.4. The first kappa shape index (κ1) is 20.4. The Kier molecular flexibility index (Phi) is 6.57. The van der Waals surface area contributed by atoms with Crippen LogP contribution in [0.3, 0.4) is 0 Å². The van der Waals surface area contributed by atoms with Gasteiger partial charge < -0.3 is 10.1 Å². The molecule has 1 amide bonds. The third-order valence-corrected chi connectivity index (χ3v) is 3.53. The van der Waals surface area contributed by atoms with E-state index >= 15 is 0 Å². The molecule has 0 aromatic heterocycles. The van der Waals surface area contributed by atoms with E-state index in [4.69, 9.17) is 11.6 Å². The summed E-state index contributed by atoms with van der Waals surface area (Å²) in [6.07, 6.45) is -2.58. The molecule has 2 aromatic rings. The lowest BCUT2D eigenvalue weighted by Crippen LogP contribution is -2.20. The highest BCUT2D eigenvalue weighted by Gasteiger charge is 2.33. The molecular weight excluding hydrogens is 390 g/mol. The molecule has 0 saturated carbocycles. The molecule has 9 heteroatoms. The highest BCUT2D eigenvalue weighted by atomic mass is 35.5. The van der Waals surface area contributed by atoms with Gasteiger partial charge >= 0.3 is 12.1 Å². The lowest BCUT2D eigenvalue weighted by atomic mass is 10.2. The molecule has 0 bridgehead atoms. The fraction of sp³-hybridized carbons (Fsp3) is 0.111. The minimum atomic E-state index is -4.68. The zero-order valence-corrected chi connectivity index (χ0v) is 14.3. The van der Waals surface area contributed by atoms with Crippen molar-refractivity contribution in [2.24, 2.45) is 0 Å². The molecule has 0 fully saturated rings. The summed E-state index contributed by atoms with van der Waals surface area (Å²) >= 11 is 5.48. The fourth-order valence-electron chi connectivity index (χ4n) is 1.97. The van der Waals surface area contributed by atoms with E-state index in [1.807, 2.05) is 0 Å². The molecule has 2 aromatic carbocycles. The number of nitrogens with one attached hydrogen (secondary N) is 1. The number of ether oxygens (including phenoxy) is 1. The molecule has 0 aliphatic carbocycles. The molecule has 0 aliphatic rings. The molecule has 0 radical (unpaired) electrons. The summed E-state index contributed by atoms with van der Waals surface area (Å²) in [5.74, 6) is -2.30. The first-order valence-electron chi connectivity index (χ1n) is 7.43. The zero-order chi connectivity index (χ0) is 20.0. The van der Waals surface area contributed by atoms with Gasteiger partial charge in [0.05, 0.1) is 10.6 Å². The van der Waals surface area contributed by atoms with Gasteiger partial charge in [0.1, 0.15) is 5.82 Å². The standard InChI is InChI=1S/C18H12ClF4NO3/c19-14-7-6-12(9-13(14)18(21,22)23)24-16(25)10-27-17(26)8-5-11-3-1-2-4-15(11)20/h1-9H,10H2,(H,24,25)/b8-5+. The van der Waals surface area contributed by atoms with Crippen LogP contribution in [0, 0.1) is 5.82 Å². The Morgan fingerprint density at radius 3 is 2.52 bits per heavy atom. The van der Waals surface area contributed by atoms with Crippen LogP contribution in [0.2, 0.25) is 5.02 Å². The number of amides is 1. The summed E-state index contributed by atoms with van der Waals surface area (Å²) in [4.78, 5) is 23.2. The highest BCUT2D eigenvalue weighted by Crippen LogP contribution is 2.36. The average molecular weight is 402 g/mol. The van der Waals surface area contributed by atoms with Crippen LogP contribution in [0.4, 0.5) is 23.2 Å². The number of hydrogen-bond acceptors (Lipinski definition) is 3. The minimum Gasteiger partial charge on any atom is -0.452 e. The van der Waals surface area contributed by atoms with Gasteiger partial charge in [0.25, 0.3) is 5.91 Å². The van der Waals surface area contributed by atoms with Crippen molar-refractivity contribution < 1.29 is 31.9 Å². The molecule has 0 aliphatic heterocycles. The SMILES string of the molecule is O=C(COC(=O)/C=C/c1ccccc1F)Nc1ccc(Cl)c(C(F)(F)F)c1. The summed E-state index contributed by atoms with van der Waals surface area (Å²) < 4.78 is 56.4. The lowest BCUT2D eigenvalue weighted by Gasteiger charge is -2.11. The predicted molar refractivity (Wildman–Crippen MR) is 91.5 cm³/mol. The van der Waals surface area contributed by atoms with Crippen molar-refractivity contribution in [3.8, 4) is 0 Å². The highest BCUT2D eigenvalue weighted by molar-refractivity contribution is 6.31. The number of alkyl halides is 3. The van der Waals surface area contributed by atoms with Gasteiger partial charge in [-0.05, 0) is 30.3 Å². The van der Waals surface area contributed by atoms with Crippen molar-refractivity contribution in [2.75, 3.05) is 11.9 Å². The second kappa shape index (κ2) is 8.68. The molecule has 4 nitrogen and oxygen atoms in total. The maximum absolute atomic E-state index is 13.4. The van der Waals surface area contributed by atoms with E-state index in [2.05, 4.69) is 10.1 Å². The smallest absolute Gasteiger partial charge is 0.417 e. The van der Waals surface area contributed by atoms with Gasteiger partial charge in [-0.1, -0.05) is 29.8 Å². The van der Waals surface area contributed by atoms with Crippen LogP contribution in [0.25, 0.3) is 6.08 Å². The van der Waals surface area contributed by atoms with Gasteiger partial charge in [-0.25, -0.2) is 9.18 Å². The Morgan fingerprint density at radius 2 is 1.85 bits per heavy atom. The largest absolute Gasteiger partial charge is 0.452 e. The molecule has 27 heavy (non-hydrogen) atoms. The number of carbonyl (C=O) groups is 2. The van der Waals surface area contributed by atoms with Crippen LogP contribution >= 0.6 is 11.6 Å². The zero-order valence-electron chi connectivity index (χ0n) is 13.5. The van der Waals surface area contributed by atoms with Crippen molar-refractivity contribution in [3.63, 3.8) is 0 Å². The maximum atomic E-state index is 13.4. The molecular formula is C18H12ClF4NO3. The number of halogens is 5. The van der Waals surface area contributed by atoms with E-state index in [9.17, 15) is 27.2 Å². The van der Waals surface area contributed by atoms with Crippen molar-refractivity contribution in [3.05, 3.63) is 70.5 Å². The van der Waals surface area contributed by atoms with E-state index in [1.165, 1.54) is 30.3 Å². The average Bonchev–Trinajstić information content (AvgIpc) is 2.60. The lowest BCUT2D eigenvalue weighted by molar-refractivity contribution is -0.142. The van der Waals surface area contributed by atoms with Gasteiger partial charge in [-0.3, -0.25) is 4.79 Å². The minimum absolute atomic E-state index is 0.153. The molecule has 2 rings (SSSR count). The third kappa shape index (κ3) is 6.10. The van der Waals surface area contributed by atoms with Gasteiger partial charge in [-0.15, -0.1) is 0 Å². The molecule has 1 N–H and O–H groups in total. The van der Waals surface area contributed by atoms with Gasteiger partial charge in [0.15, 0.2) is 6.61 Å². The monoisotopic (exact) mass is 401 g/mol. The van der Waals surface area contributed by atoms with Crippen molar-refractivity contribution >= 4 is 35.2 Å². The van der Waals surface area contributed by atoms with Crippen LogP contribution < -0.4 is 5.32 Å². The molecule has 0 saturated heterocycles. The Bertz CT molecular complexity index is 881. The van der Waals surface area contributed by atoms with Crippen molar-refractivity contribution in [2.45, 2.75) is 6.18 Å². The number of carbonyl (C=O) groups excluding carboxylic acids is 2. The van der Waals surface area contributed by atoms with E-state index in [-0.39, 0.29) is 11.3 Å². The number of benzene rings is 2. The van der Waals surface area contributed by atoms with Gasteiger partial charge in [0.2, 0.25) is 0 Å². The van der Waals surface area contributed by atoms with E-state index in [1.54, 1.807) is 6.07 Å². The number of hydrogen-bond donors (Lipinski definition) is 1. The van der Waals surface area contributed by atoms with Crippen LogP contribution in [0.15, 0.2) is 48.5 Å². The molecule has 0 heterocycles. The fourth-order valence-corrected chi connectivity index (χ4v) is 2.19. The Balaban J connectivity index is 1.91. The predicted octanol–water partition coefficient (Wildman–Crippen LogP) is 4.69. The number of esters is 1. The topological polar surface area (TPSA) is 55.4 Å². The first-order valence-corrected chi connectivity index (χ1v) is 7.80. The second-order valence-electron chi connectivity index (χ2n) is 5.20. The molecule has 142 valence electrons. The maximum Gasteiger partial charge on any atom is 0.417 e. The van der Waals surface area contributed by atoms with E-state index in [0.29, 0.717) is 6.07 Å². The van der Waals surface area contributed by atoms with Crippen LogP contribution in [0.5, 0.6) is 0 Å². The summed E-state index contributed by atoms with van der Waals surface area (Å²) in [6.45, 7) is -0.732. The molecule has 0 spiro atoms. The quantitative estimate of drug-likeness (QED) is 0.449. The van der Waals surface area contributed by atoms with Crippen LogP contribution in [-0.4, -0.2) is 18.5 Å². The van der Waals surface area contributed by atoms with Crippen LogP contribution in [-0.2, 0) is 20.5 Å². The van der Waals surface area contributed by atoms with Gasteiger partial charge in [-0.2, -0.15) is 13.2 Å². The van der Waals surface area contributed by atoms with Gasteiger partial charge in [0, 0.05) is 17.3 Å². The van der Waals surface area contributed by atoms with E-state index < -0.39 is 41.1 Å². The Morgan fingerprint density at radius 1 is 1.15 bits per heavy atom. The van der Waals surface area contributed by atoms with Crippen molar-refractivity contribution in [1.82, 2.24) is 0 Å². The number of rotatable bonds is 5.